The molecule has 18 heavy (non-hydrogen) atoms. The van der Waals surface area contributed by atoms with Crippen LogP contribution in [0.4, 0.5) is 0 Å². The summed E-state index contributed by atoms with van der Waals surface area (Å²) in [7, 11) is 0. The van der Waals surface area contributed by atoms with E-state index < -0.39 is 0 Å². The van der Waals surface area contributed by atoms with Crippen molar-refractivity contribution in [3.8, 4) is 0 Å². The van der Waals surface area contributed by atoms with Gasteiger partial charge in [0.1, 0.15) is 0 Å². The highest BCUT2D eigenvalue weighted by atomic mass is 16.3. The summed E-state index contributed by atoms with van der Waals surface area (Å²) >= 11 is 0. The molecule has 2 rings (SSSR count). The van der Waals surface area contributed by atoms with E-state index in [1.807, 2.05) is 0 Å². The van der Waals surface area contributed by atoms with Crippen LogP contribution in [0.25, 0.3) is 0 Å². The van der Waals surface area contributed by atoms with Gasteiger partial charge in [0.05, 0.1) is 6.10 Å². The van der Waals surface area contributed by atoms with Crippen LogP contribution < -0.4 is 5.32 Å². The van der Waals surface area contributed by atoms with Gasteiger partial charge in [0.2, 0.25) is 0 Å². The fraction of sp³-hybridized carbons (Fsp3) is 1.00. The lowest BCUT2D eigenvalue weighted by atomic mass is 9.87. The minimum Gasteiger partial charge on any atom is -0.393 e. The van der Waals surface area contributed by atoms with Crippen molar-refractivity contribution in [3.63, 3.8) is 0 Å². The highest BCUT2D eigenvalue weighted by Gasteiger charge is 2.22. The number of aliphatic hydroxyl groups is 1. The maximum Gasteiger partial charge on any atom is 0.0543 e. The molecule has 1 saturated heterocycles. The molecule has 1 heterocycles. The number of aliphatic hydroxyl groups excluding tert-OH is 1. The summed E-state index contributed by atoms with van der Waals surface area (Å²) in [4.78, 5) is 2.59. The molecule has 0 spiro atoms. The zero-order valence-corrected chi connectivity index (χ0v) is 11.9. The third-order valence-electron chi connectivity index (χ3n) is 4.58. The van der Waals surface area contributed by atoms with Gasteiger partial charge < -0.3 is 15.3 Å². The van der Waals surface area contributed by atoms with Crippen molar-refractivity contribution in [2.24, 2.45) is 5.92 Å². The number of rotatable bonds is 5. The molecule has 0 aromatic rings. The van der Waals surface area contributed by atoms with E-state index in [-0.39, 0.29) is 6.10 Å². The molecule has 0 aromatic heterocycles. The third-order valence-corrected chi connectivity index (χ3v) is 4.58. The van der Waals surface area contributed by atoms with Gasteiger partial charge in [-0.1, -0.05) is 13.3 Å². The van der Waals surface area contributed by atoms with Crippen LogP contribution in [-0.2, 0) is 0 Å². The van der Waals surface area contributed by atoms with Gasteiger partial charge in [0.15, 0.2) is 0 Å². The van der Waals surface area contributed by atoms with Crippen LogP contribution in [0.5, 0.6) is 0 Å². The summed E-state index contributed by atoms with van der Waals surface area (Å²) in [5, 5.41) is 13.4. The van der Waals surface area contributed by atoms with Crippen LogP contribution in [-0.4, -0.2) is 48.3 Å². The Morgan fingerprint density at radius 3 is 2.61 bits per heavy atom. The van der Waals surface area contributed by atoms with E-state index in [0.29, 0.717) is 5.92 Å². The lowest BCUT2D eigenvalue weighted by molar-refractivity contribution is 0.0977. The molecule has 1 aliphatic heterocycles. The predicted molar refractivity (Wildman–Crippen MR) is 75.7 cm³/mol. The lowest BCUT2D eigenvalue weighted by Crippen LogP contribution is -2.44. The Bertz CT molecular complexity index is 227. The van der Waals surface area contributed by atoms with Crippen molar-refractivity contribution in [3.05, 3.63) is 0 Å². The van der Waals surface area contributed by atoms with Gasteiger partial charge >= 0.3 is 0 Å². The topological polar surface area (TPSA) is 35.5 Å². The largest absolute Gasteiger partial charge is 0.393 e. The van der Waals surface area contributed by atoms with Crippen molar-refractivity contribution in [1.29, 1.82) is 0 Å². The first kappa shape index (κ1) is 14.3. The molecule has 2 N–H and O–H groups in total. The molecule has 1 aliphatic carbocycles. The fourth-order valence-electron chi connectivity index (χ4n) is 3.46. The minimum absolute atomic E-state index is 0.0306. The highest BCUT2D eigenvalue weighted by molar-refractivity contribution is 4.80. The standard InChI is InChI=1S/C15H30N2O/c1-2-8-17-9-6-14(7-10-17)16-12-13-4-3-5-15(18)11-13/h13-16,18H,2-12H2,1H3. The first-order chi connectivity index (χ1) is 8.78. The highest BCUT2D eigenvalue weighted by Crippen LogP contribution is 2.24. The van der Waals surface area contributed by atoms with Crippen molar-refractivity contribution in [1.82, 2.24) is 10.2 Å². The van der Waals surface area contributed by atoms with E-state index in [4.69, 9.17) is 0 Å². The number of nitrogens with zero attached hydrogens (tertiary/aromatic N) is 1. The predicted octanol–water partition coefficient (Wildman–Crippen LogP) is 2.00. The molecule has 0 radical (unpaired) electrons. The van der Waals surface area contributed by atoms with Crippen molar-refractivity contribution >= 4 is 0 Å². The van der Waals surface area contributed by atoms with Crippen LogP contribution in [0.1, 0.15) is 51.9 Å². The first-order valence-electron chi connectivity index (χ1n) is 7.91. The lowest BCUT2D eigenvalue weighted by Gasteiger charge is -2.34. The molecule has 0 aromatic carbocycles. The zero-order chi connectivity index (χ0) is 12.8. The Kier molecular flexibility index (Phi) is 5.93. The van der Waals surface area contributed by atoms with Crippen LogP contribution in [0.2, 0.25) is 0 Å². The Balaban J connectivity index is 1.60. The number of likely N-dealkylation sites (tertiary alicyclic amines) is 1. The Morgan fingerprint density at radius 1 is 1.17 bits per heavy atom. The number of piperidine rings is 1. The van der Waals surface area contributed by atoms with Crippen molar-refractivity contribution < 1.29 is 5.11 Å². The Labute approximate surface area is 112 Å². The smallest absolute Gasteiger partial charge is 0.0543 e. The molecule has 2 aliphatic rings. The van der Waals surface area contributed by atoms with E-state index in [0.717, 1.165) is 25.4 Å². The quantitative estimate of drug-likeness (QED) is 0.788. The van der Waals surface area contributed by atoms with Gasteiger partial charge in [-0.2, -0.15) is 0 Å². The molecular formula is C15H30N2O. The molecule has 0 bridgehead atoms. The Morgan fingerprint density at radius 2 is 1.94 bits per heavy atom. The summed E-state index contributed by atoms with van der Waals surface area (Å²) < 4.78 is 0. The average molecular weight is 254 g/mol. The Hall–Kier alpha value is -0.120. The molecule has 2 fully saturated rings. The second-order valence-corrected chi connectivity index (χ2v) is 6.21. The third kappa shape index (κ3) is 4.52. The van der Waals surface area contributed by atoms with Gasteiger partial charge in [-0.3, -0.25) is 0 Å². The monoisotopic (exact) mass is 254 g/mol. The van der Waals surface area contributed by atoms with E-state index >= 15 is 0 Å². The van der Waals surface area contributed by atoms with Gasteiger partial charge in [-0.15, -0.1) is 0 Å². The van der Waals surface area contributed by atoms with Crippen LogP contribution in [0.15, 0.2) is 0 Å². The van der Waals surface area contributed by atoms with Gasteiger partial charge in [0.25, 0.3) is 0 Å². The summed E-state index contributed by atoms with van der Waals surface area (Å²) in [6.45, 7) is 7.17. The van der Waals surface area contributed by atoms with E-state index in [2.05, 4.69) is 17.1 Å². The maximum absolute atomic E-state index is 9.68. The van der Waals surface area contributed by atoms with E-state index in [1.54, 1.807) is 0 Å². The number of hydrogen-bond donors (Lipinski definition) is 2. The number of hydrogen-bond acceptors (Lipinski definition) is 3. The molecule has 0 amide bonds. The normalized spacial score (nSPS) is 31.7. The van der Waals surface area contributed by atoms with Crippen LogP contribution in [0, 0.1) is 5.92 Å². The second kappa shape index (κ2) is 7.46. The molecular weight excluding hydrogens is 224 g/mol. The maximum atomic E-state index is 9.68. The first-order valence-corrected chi connectivity index (χ1v) is 7.91. The number of nitrogens with one attached hydrogen (secondary N) is 1. The van der Waals surface area contributed by atoms with Gasteiger partial charge in [0, 0.05) is 6.04 Å². The van der Waals surface area contributed by atoms with Gasteiger partial charge in [-0.25, -0.2) is 0 Å². The summed E-state index contributed by atoms with van der Waals surface area (Å²) in [6, 6.07) is 0.720. The minimum atomic E-state index is -0.0306. The second-order valence-electron chi connectivity index (χ2n) is 6.21. The SMILES string of the molecule is CCCN1CCC(NCC2CCCC(O)C2)CC1. The summed E-state index contributed by atoms with van der Waals surface area (Å²) in [6.07, 6.45) is 8.40. The fourth-order valence-corrected chi connectivity index (χ4v) is 3.46. The molecule has 2 unspecified atom stereocenters. The van der Waals surface area contributed by atoms with Crippen molar-refractivity contribution in [2.75, 3.05) is 26.2 Å². The molecule has 1 saturated carbocycles. The van der Waals surface area contributed by atoms with E-state index in [9.17, 15) is 5.11 Å². The zero-order valence-electron chi connectivity index (χ0n) is 11.9. The van der Waals surface area contributed by atoms with E-state index in [1.165, 1.54) is 51.7 Å². The van der Waals surface area contributed by atoms with Crippen LogP contribution in [0.3, 0.4) is 0 Å². The summed E-state index contributed by atoms with van der Waals surface area (Å²) in [5.74, 6) is 0.711. The van der Waals surface area contributed by atoms with Gasteiger partial charge in [-0.05, 0) is 70.6 Å². The molecule has 2 atom stereocenters. The summed E-state index contributed by atoms with van der Waals surface area (Å²) in [5.41, 5.74) is 0. The molecule has 3 nitrogen and oxygen atoms in total. The average Bonchev–Trinajstić information content (AvgIpc) is 2.38. The van der Waals surface area contributed by atoms with Crippen molar-refractivity contribution in [2.45, 2.75) is 64.0 Å². The van der Waals surface area contributed by atoms with Crippen LogP contribution >= 0.6 is 0 Å². The molecule has 3 heteroatoms. The molecule has 106 valence electrons.